The SMILES string of the molecule is CC=CC(=O)NC1C(=O)N2C(c3nn[nH]n3)C(C)(C)S[C@@H]12. The first-order valence-corrected chi connectivity index (χ1v) is 7.50. The van der Waals surface area contributed by atoms with E-state index in [9.17, 15) is 9.59 Å². The van der Waals surface area contributed by atoms with Gasteiger partial charge in [-0.1, -0.05) is 11.3 Å². The van der Waals surface area contributed by atoms with Crippen molar-refractivity contribution in [2.24, 2.45) is 0 Å². The van der Waals surface area contributed by atoms with Gasteiger partial charge in [-0.25, -0.2) is 0 Å². The van der Waals surface area contributed by atoms with E-state index < -0.39 is 6.04 Å². The highest BCUT2D eigenvalue weighted by molar-refractivity contribution is 8.01. The van der Waals surface area contributed by atoms with Gasteiger partial charge in [-0.15, -0.1) is 22.0 Å². The minimum Gasteiger partial charge on any atom is -0.338 e. The average Bonchev–Trinajstić information content (AvgIpc) is 3.00. The molecule has 3 rings (SSSR count). The Bertz CT molecular complexity index is 599. The van der Waals surface area contributed by atoms with Crippen LogP contribution in [0, 0.1) is 0 Å². The van der Waals surface area contributed by atoms with E-state index in [1.54, 1.807) is 29.7 Å². The number of hydrogen-bond donors (Lipinski definition) is 2. The molecule has 0 aromatic carbocycles. The number of amides is 2. The molecule has 0 saturated carbocycles. The maximum atomic E-state index is 12.4. The quantitative estimate of drug-likeness (QED) is 0.601. The molecule has 112 valence electrons. The summed E-state index contributed by atoms with van der Waals surface area (Å²) in [6.45, 7) is 5.83. The lowest BCUT2D eigenvalue weighted by atomic mass is 9.95. The second-order valence-electron chi connectivity index (χ2n) is 5.52. The summed E-state index contributed by atoms with van der Waals surface area (Å²) in [4.78, 5) is 25.7. The molecule has 3 atom stereocenters. The summed E-state index contributed by atoms with van der Waals surface area (Å²) in [6.07, 6.45) is 3.06. The van der Waals surface area contributed by atoms with E-state index in [2.05, 4.69) is 25.9 Å². The van der Waals surface area contributed by atoms with E-state index in [1.807, 2.05) is 13.8 Å². The minimum absolute atomic E-state index is 0.0924. The van der Waals surface area contributed by atoms with E-state index in [0.717, 1.165) is 0 Å². The zero-order chi connectivity index (χ0) is 15.2. The van der Waals surface area contributed by atoms with E-state index in [0.29, 0.717) is 5.82 Å². The molecule has 8 nitrogen and oxygen atoms in total. The van der Waals surface area contributed by atoms with Gasteiger partial charge in [-0.05, 0) is 26.8 Å². The first kappa shape index (κ1) is 14.1. The molecule has 0 radical (unpaired) electrons. The Morgan fingerprint density at radius 2 is 2.29 bits per heavy atom. The molecule has 0 spiro atoms. The number of aromatic nitrogens is 4. The van der Waals surface area contributed by atoms with Crippen molar-refractivity contribution in [3.8, 4) is 0 Å². The van der Waals surface area contributed by atoms with Crippen molar-refractivity contribution in [3.63, 3.8) is 0 Å². The summed E-state index contributed by atoms with van der Waals surface area (Å²) in [7, 11) is 0. The monoisotopic (exact) mass is 308 g/mol. The van der Waals surface area contributed by atoms with E-state index in [1.165, 1.54) is 6.08 Å². The molecular weight excluding hydrogens is 292 g/mol. The molecule has 2 saturated heterocycles. The molecule has 0 bridgehead atoms. The summed E-state index contributed by atoms with van der Waals surface area (Å²) in [5.74, 6) is 0.143. The van der Waals surface area contributed by atoms with Crippen LogP contribution in [0.5, 0.6) is 0 Å². The number of hydrogen-bond acceptors (Lipinski definition) is 6. The van der Waals surface area contributed by atoms with Crippen molar-refractivity contribution >= 4 is 23.6 Å². The van der Waals surface area contributed by atoms with Gasteiger partial charge in [0.1, 0.15) is 17.5 Å². The lowest BCUT2D eigenvalue weighted by Gasteiger charge is -2.43. The highest BCUT2D eigenvalue weighted by Gasteiger charge is 2.63. The fourth-order valence-electron chi connectivity index (χ4n) is 2.80. The Kier molecular flexibility index (Phi) is 3.23. The Morgan fingerprint density at radius 1 is 1.52 bits per heavy atom. The number of allylic oxidation sites excluding steroid dienone is 1. The number of rotatable bonds is 3. The number of aromatic amines is 1. The molecule has 2 fully saturated rings. The number of nitrogens with one attached hydrogen (secondary N) is 2. The van der Waals surface area contributed by atoms with Gasteiger partial charge in [-0.2, -0.15) is 5.21 Å². The van der Waals surface area contributed by atoms with Gasteiger partial charge >= 0.3 is 0 Å². The normalized spacial score (nSPS) is 30.3. The molecule has 2 amide bonds. The molecule has 3 heterocycles. The van der Waals surface area contributed by atoms with Gasteiger partial charge in [0.05, 0.1) is 0 Å². The largest absolute Gasteiger partial charge is 0.338 e. The van der Waals surface area contributed by atoms with Crippen LogP contribution in [0.25, 0.3) is 0 Å². The maximum Gasteiger partial charge on any atom is 0.249 e. The van der Waals surface area contributed by atoms with E-state index in [4.69, 9.17) is 0 Å². The number of carbonyl (C=O) groups excluding carboxylic acids is 2. The van der Waals surface area contributed by atoms with Gasteiger partial charge in [0.25, 0.3) is 0 Å². The van der Waals surface area contributed by atoms with Crippen LogP contribution in [0.4, 0.5) is 0 Å². The van der Waals surface area contributed by atoms with Gasteiger partial charge in [0, 0.05) is 4.75 Å². The van der Waals surface area contributed by atoms with Crippen LogP contribution >= 0.6 is 11.8 Å². The fourth-order valence-corrected chi connectivity index (χ4v) is 4.43. The number of nitrogens with zero attached hydrogens (tertiary/aromatic N) is 4. The zero-order valence-corrected chi connectivity index (χ0v) is 12.7. The van der Waals surface area contributed by atoms with Crippen molar-refractivity contribution < 1.29 is 9.59 Å². The highest BCUT2D eigenvalue weighted by atomic mass is 32.2. The Labute approximate surface area is 125 Å². The number of carbonyl (C=O) groups is 2. The van der Waals surface area contributed by atoms with Crippen molar-refractivity contribution in [2.45, 2.75) is 43.0 Å². The number of β-lactam (4-membered cyclic amide) rings is 1. The first-order valence-electron chi connectivity index (χ1n) is 6.62. The number of tetrazole rings is 1. The molecule has 2 N–H and O–H groups in total. The topological polar surface area (TPSA) is 104 Å². The second kappa shape index (κ2) is 4.83. The summed E-state index contributed by atoms with van der Waals surface area (Å²) >= 11 is 1.64. The molecule has 0 aliphatic carbocycles. The molecule has 21 heavy (non-hydrogen) atoms. The van der Waals surface area contributed by atoms with Gasteiger partial charge < -0.3 is 10.2 Å². The Balaban J connectivity index is 1.81. The standard InChI is InChI=1S/C12H16N6O2S/c1-4-5-6(19)13-7-10(20)18-8(9-14-16-17-15-9)12(2,3)21-11(7)18/h4-5,7-8,11H,1-3H3,(H,13,19)(H,14,15,16,17)/t7?,8?,11-/m0/s1. The molecular formula is C12H16N6O2S. The molecule has 9 heteroatoms. The number of H-pyrrole nitrogens is 1. The third kappa shape index (κ3) is 2.11. The minimum atomic E-state index is -0.491. The van der Waals surface area contributed by atoms with Crippen LogP contribution < -0.4 is 5.32 Å². The fraction of sp³-hybridized carbons (Fsp3) is 0.583. The van der Waals surface area contributed by atoms with Crippen LogP contribution in [0.2, 0.25) is 0 Å². The highest BCUT2D eigenvalue weighted by Crippen LogP contribution is 2.56. The third-order valence-corrected chi connectivity index (χ3v) is 5.23. The molecule has 2 aliphatic heterocycles. The van der Waals surface area contributed by atoms with E-state index in [-0.39, 0.29) is 28.0 Å². The predicted molar refractivity (Wildman–Crippen MR) is 76.0 cm³/mol. The van der Waals surface area contributed by atoms with Crippen LogP contribution in [-0.2, 0) is 9.59 Å². The summed E-state index contributed by atoms with van der Waals surface area (Å²) in [5, 5.41) is 16.7. The van der Waals surface area contributed by atoms with Crippen LogP contribution in [0.15, 0.2) is 12.2 Å². The molecule has 2 unspecified atom stereocenters. The third-order valence-electron chi connectivity index (χ3n) is 3.66. The van der Waals surface area contributed by atoms with Crippen molar-refractivity contribution in [1.29, 1.82) is 0 Å². The Morgan fingerprint density at radius 3 is 2.90 bits per heavy atom. The summed E-state index contributed by atoms with van der Waals surface area (Å²) in [6, 6.07) is -0.733. The lowest BCUT2D eigenvalue weighted by Crippen LogP contribution is -2.67. The zero-order valence-electron chi connectivity index (χ0n) is 11.9. The van der Waals surface area contributed by atoms with Crippen molar-refractivity contribution in [2.75, 3.05) is 0 Å². The van der Waals surface area contributed by atoms with Gasteiger partial charge in [-0.3, -0.25) is 9.59 Å². The molecule has 1 aromatic rings. The lowest BCUT2D eigenvalue weighted by molar-refractivity contribution is -0.151. The van der Waals surface area contributed by atoms with Crippen molar-refractivity contribution in [1.82, 2.24) is 30.8 Å². The van der Waals surface area contributed by atoms with E-state index >= 15 is 0 Å². The Hall–Kier alpha value is -1.90. The molecule has 2 aliphatic rings. The summed E-state index contributed by atoms with van der Waals surface area (Å²) in [5.41, 5.74) is 0. The number of fused-ring (bicyclic) bond motifs is 1. The summed E-state index contributed by atoms with van der Waals surface area (Å²) < 4.78 is -0.246. The number of thioether (sulfide) groups is 1. The van der Waals surface area contributed by atoms with Crippen molar-refractivity contribution in [3.05, 3.63) is 18.0 Å². The first-order chi connectivity index (χ1) is 9.95. The van der Waals surface area contributed by atoms with Gasteiger partial charge in [0.15, 0.2) is 5.82 Å². The van der Waals surface area contributed by atoms with Crippen LogP contribution in [0.3, 0.4) is 0 Å². The maximum absolute atomic E-state index is 12.4. The van der Waals surface area contributed by atoms with Crippen LogP contribution in [-0.4, -0.2) is 53.5 Å². The van der Waals surface area contributed by atoms with Gasteiger partial charge in [0.2, 0.25) is 11.8 Å². The average molecular weight is 308 g/mol. The smallest absolute Gasteiger partial charge is 0.249 e. The second-order valence-corrected chi connectivity index (χ2v) is 7.29. The predicted octanol–water partition coefficient (Wildman–Crippen LogP) is -0.00460. The molecule has 1 aromatic heterocycles. The van der Waals surface area contributed by atoms with Crippen LogP contribution in [0.1, 0.15) is 32.6 Å².